The maximum absolute atomic E-state index is 12.0. The largest absolute Gasteiger partial charge is 0.335 e. The molecule has 5 nitrogen and oxygen atoms in total. The number of nitrogens with zero attached hydrogens (tertiary/aromatic N) is 1. The van der Waals surface area contributed by atoms with Gasteiger partial charge in [0.05, 0.1) is 0 Å². The molecule has 0 aromatic heterocycles. The van der Waals surface area contributed by atoms with Crippen molar-refractivity contribution in [3.63, 3.8) is 0 Å². The van der Waals surface area contributed by atoms with Gasteiger partial charge in [0.1, 0.15) is 0 Å². The molecular formula is C15H24N4O. The molecule has 5 heteroatoms. The van der Waals surface area contributed by atoms with Crippen LogP contribution in [0.2, 0.25) is 0 Å². The fraction of sp³-hybridized carbons (Fsp3) is 0.533. The molecule has 1 saturated heterocycles. The standard InChI is InChI=1S/C15H24N4O/c1-11-9-14(7-8-19(11)2)18-15(20)17-13-5-3-12(10-16)4-6-13/h3-6,11,14H,7-10,16H2,1-2H3,(H2,17,18,20). The Hall–Kier alpha value is -1.59. The average Bonchev–Trinajstić information content (AvgIpc) is 2.44. The minimum atomic E-state index is -0.132. The van der Waals surface area contributed by atoms with Crippen molar-refractivity contribution in [2.24, 2.45) is 5.73 Å². The summed E-state index contributed by atoms with van der Waals surface area (Å²) >= 11 is 0. The Morgan fingerprint density at radius 1 is 1.40 bits per heavy atom. The number of carbonyl (C=O) groups excluding carboxylic acids is 1. The molecule has 0 aliphatic carbocycles. The van der Waals surface area contributed by atoms with Crippen molar-refractivity contribution in [1.29, 1.82) is 0 Å². The third-order valence-electron chi connectivity index (χ3n) is 3.99. The van der Waals surface area contributed by atoms with Crippen LogP contribution in [0.4, 0.5) is 10.5 Å². The number of amides is 2. The number of nitrogens with one attached hydrogen (secondary N) is 2. The van der Waals surface area contributed by atoms with Gasteiger partial charge < -0.3 is 21.3 Å². The normalized spacial score (nSPS) is 23.4. The lowest BCUT2D eigenvalue weighted by Gasteiger charge is -2.35. The molecule has 1 heterocycles. The number of piperidine rings is 1. The van der Waals surface area contributed by atoms with Crippen LogP contribution in [0.25, 0.3) is 0 Å². The van der Waals surface area contributed by atoms with E-state index in [0.717, 1.165) is 30.6 Å². The maximum atomic E-state index is 12.0. The number of urea groups is 1. The van der Waals surface area contributed by atoms with Crippen LogP contribution < -0.4 is 16.4 Å². The Balaban J connectivity index is 1.82. The Bertz CT molecular complexity index is 446. The summed E-state index contributed by atoms with van der Waals surface area (Å²) in [6.45, 7) is 3.73. The minimum Gasteiger partial charge on any atom is -0.335 e. The van der Waals surface area contributed by atoms with Crippen molar-refractivity contribution in [3.05, 3.63) is 29.8 Å². The summed E-state index contributed by atoms with van der Waals surface area (Å²) in [5.41, 5.74) is 7.39. The maximum Gasteiger partial charge on any atom is 0.319 e. The zero-order valence-corrected chi connectivity index (χ0v) is 12.2. The van der Waals surface area contributed by atoms with Gasteiger partial charge in [0.15, 0.2) is 0 Å². The van der Waals surface area contributed by atoms with E-state index in [2.05, 4.69) is 29.5 Å². The molecule has 1 aliphatic rings. The summed E-state index contributed by atoms with van der Waals surface area (Å²) in [4.78, 5) is 14.3. The van der Waals surface area contributed by atoms with Gasteiger partial charge in [-0.2, -0.15) is 0 Å². The van der Waals surface area contributed by atoms with Crippen LogP contribution in [0.15, 0.2) is 24.3 Å². The Morgan fingerprint density at radius 2 is 2.10 bits per heavy atom. The van der Waals surface area contributed by atoms with E-state index in [0.29, 0.717) is 12.6 Å². The van der Waals surface area contributed by atoms with E-state index in [9.17, 15) is 4.79 Å². The van der Waals surface area contributed by atoms with Crippen molar-refractivity contribution in [1.82, 2.24) is 10.2 Å². The molecular weight excluding hydrogens is 252 g/mol. The molecule has 0 radical (unpaired) electrons. The number of benzene rings is 1. The first-order valence-electron chi connectivity index (χ1n) is 7.15. The van der Waals surface area contributed by atoms with E-state index >= 15 is 0 Å². The molecule has 2 amide bonds. The molecule has 1 fully saturated rings. The number of nitrogens with two attached hydrogens (primary N) is 1. The third-order valence-corrected chi connectivity index (χ3v) is 3.99. The summed E-state index contributed by atoms with van der Waals surface area (Å²) < 4.78 is 0. The first-order chi connectivity index (χ1) is 9.58. The smallest absolute Gasteiger partial charge is 0.319 e. The molecule has 0 bridgehead atoms. The zero-order chi connectivity index (χ0) is 14.5. The molecule has 0 saturated carbocycles. The highest BCUT2D eigenvalue weighted by Gasteiger charge is 2.23. The van der Waals surface area contributed by atoms with E-state index in [1.54, 1.807) is 0 Å². The predicted molar refractivity (Wildman–Crippen MR) is 81.6 cm³/mol. The zero-order valence-electron chi connectivity index (χ0n) is 12.2. The highest BCUT2D eigenvalue weighted by atomic mass is 16.2. The van der Waals surface area contributed by atoms with Crippen LogP contribution in [-0.2, 0) is 6.54 Å². The SMILES string of the molecule is CC1CC(NC(=O)Nc2ccc(CN)cc2)CCN1C. The molecule has 2 rings (SSSR count). The van der Waals surface area contributed by atoms with Gasteiger partial charge in [0, 0.05) is 30.9 Å². The highest BCUT2D eigenvalue weighted by Crippen LogP contribution is 2.15. The van der Waals surface area contributed by atoms with E-state index in [4.69, 9.17) is 5.73 Å². The average molecular weight is 276 g/mol. The number of carbonyl (C=O) groups is 1. The van der Waals surface area contributed by atoms with E-state index < -0.39 is 0 Å². The van der Waals surface area contributed by atoms with E-state index in [1.807, 2.05) is 24.3 Å². The summed E-state index contributed by atoms with van der Waals surface area (Å²) in [6, 6.07) is 8.23. The molecule has 1 aromatic carbocycles. The van der Waals surface area contributed by atoms with Crippen molar-refractivity contribution < 1.29 is 4.79 Å². The van der Waals surface area contributed by atoms with E-state index in [1.165, 1.54) is 0 Å². The van der Waals surface area contributed by atoms with E-state index in [-0.39, 0.29) is 12.1 Å². The molecule has 1 aliphatic heterocycles. The topological polar surface area (TPSA) is 70.4 Å². The van der Waals surface area contributed by atoms with Gasteiger partial charge in [0.25, 0.3) is 0 Å². The molecule has 4 N–H and O–H groups in total. The lowest BCUT2D eigenvalue weighted by Crippen LogP contribution is -2.48. The van der Waals surface area contributed by atoms with Crippen LogP contribution in [0.3, 0.4) is 0 Å². The lowest BCUT2D eigenvalue weighted by molar-refractivity contribution is 0.170. The summed E-state index contributed by atoms with van der Waals surface area (Å²) in [5.74, 6) is 0. The fourth-order valence-electron chi connectivity index (χ4n) is 2.50. The van der Waals surface area contributed by atoms with Crippen LogP contribution in [0, 0.1) is 0 Å². The second kappa shape index (κ2) is 6.72. The summed E-state index contributed by atoms with van der Waals surface area (Å²) in [6.07, 6.45) is 2.00. The van der Waals surface area contributed by atoms with Crippen LogP contribution in [0.1, 0.15) is 25.3 Å². The number of hydrogen-bond acceptors (Lipinski definition) is 3. The van der Waals surface area contributed by atoms with Gasteiger partial charge in [-0.25, -0.2) is 4.79 Å². The molecule has 0 spiro atoms. The molecule has 2 unspecified atom stereocenters. The Kier molecular flexibility index (Phi) is 4.98. The van der Waals surface area contributed by atoms with Gasteiger partial charge in [0.2, 0.25) is 0 Å². The minimum absolute atomic E-state index is 0.132. The Labute approximate surface area is 120 Å². The molecule has 20 heavy (non-hydrogen) atoms. The van der Waals surface area contributed by atoms with Crippen LogP contribution in [0.5, 0.6) is 0 Å². The number of likely N-dealkylation sites (tertiary alicyclic amines) is 1. The predicted octanol–water partition coefficient (Wildman–Crippen LogP) is 1.75. The molecule has 1 aromatic rings. The third kappa shape index (κ3) is 3.95. The monoisotopic (exact) mass is 276 g/mol. The number of anilines is 1. The fourth-order valence-corrected chi connectivity index (χ4v) is 2.50. The van der Waals surface area contributed by atoms with Gasteiger partial charge in [-0.1, -0.05) is 12.1 Å². The van der Waals surface area contributed by atoms with Crippen molar-refractivity contribution in [3.8, 4) is 0 Å². The van der Waals surface area contributed by atoms with Gasteiger partial charge in [-0.3, -0.25) is 0 Å². The summed E-state index contributed by atoms with van der Waals surface area (Å²) in [7, 11) is 2.12. The molecule has 110 valence electrons. The van der Waals surface area contributed by atoms with Crippen molar-refractivity contribution >= 4 is 11.7 Å². The van der Waals surface area contributed by atoms with Gasteiger partial charge in [-0.05, 0) is 44.5 Å². The highest BCUT2D eigenvalue weighted by molar-refractivity contribution is 5.89. The Morgan fingerprint density at radius 3 is 2.70 bits per heavy atom. The van der Waals surface area contributed by atoms with Crippen molar-refractivity contribution in [2.45, 2.75) is 38.4 Å². The summed E-state index contributed by atoms with van der Waals surface area (Å²) in [5, 5.41) is 5.91. The molecule has 2 atom stereocenters. The number of hydrogen-bond donors (Lipinski definition) is 3. The van der Waals surface area contributed by atoms with Crippen LogP contribution in [-0.4, -0.2) is 36.6 Å². The van der Waals surface area contributed by atoms with Gasteiger partial charge >= 0.3 is 6.03 Å². The van der Waals surface area contributed by atoms with Crippen molar-refractivity contribution in [2.75, 3.05) is 18.9 Å². The lowest BCUT2D eigenvalue weighted by atomic mass is 9.99. The van der Waals surface area contributed by atoms with Crippen LogP contribution >= 0.6 is 0 Å². The first-order valence-corrected chi connectivity index (χ1v) is 7.15. The quantitative estimate of drug-likeness (QED) is 0.787. The first kappa shape index (κ1) is 14.8. The van der Waals surface area contributed by atoms with Gasteiger partial charge in [-0.15, -0.1) is 0 Å². The number of rotatable bonds is 3. The second-order valence-electron chi connectivity index (χ2n) is 5.55. The second-order valence-corrected chi connectivity index (χ2v) is 5.55.